The van der Waals surface area contributed by atoms with E-state index in [4.69, 9.17) is 25.8 Å². The van der Waals surface area contributed by atoms with Crippen LogP contribution in [0, 0.1) is 5.92 Å². The van der Waals surface area contributed by atoms with E-state index in [1.165, 1.54) is 11.8 Å². The summed E-state index contributed by atoms with van der Waals surface area (Å²) in [4.78, 5) is 15.3. The van der Waals surface area contributed by atoms with Crippen molar-refractivity contribution in [2.24, 2.45) is 5.92 Å². The Balaban J connectivity index is 1.77. The van der Waals surface area contributed by atoms with Crippen molar-refractivity contribution < 1.29 is 24.1 Å². The zero-order valence-corrected chi connectivity index (χ0v) is 20.4. The predicted molar refractivity (Wildman–Crippen MR) is 119 cm³/mol. The van der Waals surface area contributed by atoms with Crippen molar-refractivity contribution in [2.45, 2.75) is 100 Å². The van der Waals surface area contributed by atoms with E-state index in [9.17, 15) is 9.90 Å². The van der Waals surface area contributed by atoms with Gasteiger partial charge in [0.15, 0.2) is 5.79 Å². The van der Waals surface area contributed by atoms with Crippen LogP contribution < -0.4 is 5.32 Å². The summed E-state index contributed by atoms with van der Waals surface area (Å²) in [6, 6.07) is -0.636. The molecule has 3 fully saturated rings. The van der Waals surface area contributed by atoms with Gasteiger partial charge in [0.1, 0.15) is 29.9 Å². The number of amides is 1. The molecule has 3 rings (SSSR count). The van der Waals surface area contributed by atoms with Crippen molar-refractivity contribution in [3.63, 3.8) is 0 Å². The third-order valence-corrected chi connectivity index (χ3v) is 7.54. The minimum absolute atomic E-state index is 0.0289. The molecule has 1 amide bonds. The van der Waals surface area contributed by atoms with Crippen LogP contribution in [0.15, 0.2) is 0 Å². The highest BCUT2D eigenvalue weighted by molar-refractivity contribution is 7.99. The number of alkyl halides is 1. The molecule has 0 aromatic rings. The summed E-state index contributed by atoms with van der Waals surface area (Å²) in [6.07, 6.45) is 2.60. The molecule has 3 saturated heterocycles. The summed E-state index contributed by atoms with van der Waals surface area (Å²) in [5, 5.41) is 13.5. The number of nitrogens with zero attached hydrogens (tertiary/aromatic N) is 1. The van der Waals surface area contributed by atoms with E-state index in [-0.39, 0.29) is 17.3 Å². The van der Waals surface area contributed by atoms with E-state index in [0.717, 1.165) is 25.8 Å². The Morgan fingerprint density at radius 3 is 2.63 bits per heavy atom. The first kappa shape index (κ1) is 24.6. The molecule has 9 atom stereocenters. The van der Waals surface area contributed by atoms with E-state index >= 15 is 0 Å². The van der Waals surface area contributed by atoms with Gasteiger partial charge in [0.25, 0.3) is 0 Å². The van der Waals surface area contributed by atoms with Gasteiger partial charge in [0.2, 0.25) is 5.91 Å². The normalized spacial score (nSPS) is 40.7. The first-order chi connectivity index (χ1) is 14.1. The molecule has 0 aromatic carbocycles. The van der Waals surface area contributed by atoms with E-state index in [1.807, 2.05) is 34.1 Å². The van der Waals surface area contributed by atoms with Crippen LogP contribution in [0.2, 0.25) is 0 Å². The molecule has 0 unspecified atom stereocenters. The summed E-state index contributed by atoms with van der Waals surface area (Å²) in [6.45, 7) is 8.61. The van der Waals surface area contributed by atoms with Gasteiger partial charge in [-0.1, -0.05) is 13.3 Å². The topological polar surface area (TPSA) is 80.3 Å². The Labute approximate surface area is 189 Å². The molecule has 9 heteroatoms. The molecule has 0 aliphatic carbocycles. The van der Waals surface area contributed by atoms with Crippen molar-refractivity contribution in [2.75, 3.05) is 19.8 Å². The van der Waals surface area contributed by atoms with Crippen LogP contribution in [0.25, 0.3) is 0 Å². The second-order valence-electron chi connectivity index (χ2n) is 9.32. The number of fused-ring (bicyclic) bond motifs is 1. The smallest absolute Gasteiger partial charge is 0.237 e. The van der Waals surface area contributed by atoms with Gasteiger partial charge in [0.05, 0.1) is 17.5 Å². The number of likely N-dealkylation sites (N-methyl/N-ethyl adjacent to an activating group) is 1. The highest BCUT2D eigenvalue weighted by atomic mass is 35.5. The Bertz CT molecular complexity index is 610. The second kappa shape index (κ2) is 9.81. The fourth-order valence-electron chi connectivity index (χ4n) is 5.04. The molecule has 3 heterocycles. The van der Waals surface area contributed by atoms with Crippen LogP contribution in [0.4, 0.5) is 0 Å². The number of thioether (sulfide) groups is 1. The third kappa shape index (κ3) is 5.11. The van der Waals surface area contributed by atoms with Crippen molar-refractivity contribution in [3.05, 3.63) is 0 Å². The van der Waals surface area contributed by atoms with Crippen LogP contribution in [0.1, 0.15) is 47.0 Å². The molecule has 174 valence electrons. The van der Waals surface area contributed by atoms with Gasteiger partial charge in [-0.15, -0.1) is 23.4 Å². The largest absolute Gasteiger partial charge is 0.387 e. The number of aliphatic hydroxyl groups is 1. The van der Waals surface area contributed by atoms with Gasteiger partial charge in [-0.05, 0) is 52.8 Å². The summed E-state index contributed by atoms with van der Waals surface area (Å²) in [7, 11) is 2.00. The van der Waals surface area contributed by atoms with Crippen LogP contribution in [0.3, 0.4) is 0 Å². The second-order valence-corrected chi connectivity index (χ2v) is 10.9. The number of nitrogens with one attached hydrogen (secondary N) is 1. The van der Waals surface area contributed by atoms with Gasteiger partial charge >= 0.3 is 0 Å². The first-order valence-corrected chi connectivity index (χ1v) is 12.7. The van der Waals surface area contributed by atoms with Gasteiger partial charge < -0.3 is 24.6 Å². The monoisotopic (exact) mass is 464 g/mol. The van der Waals surface area contributed by atoms with E-state index < -0.39 is 41.7 Å². The first-order valence-electron chi connectivity index (χ1n) is 10.9. The van der Waals surface area contributed by atoms with Gasteiger partial charge in [-0.3, -0.25) is 9.69 Å². The Morgan fingerprint density at radius 2 is 2.03 bits per heavy atom. The minimum atomic E-state index is -0.839. The number of ether oxygens (including phenoxy) is 3. The van der Waals surface area contributed by atoms with Crippen LogP contribution >= 0.6 is 23.4 Å². The maximum atomic E-state index is 13.2. The molecular weight excluding hydrogens is 428 g/mol. The number of likely N-dealkylation sites (tertiary alicyclic amines) is 1. The number of hydrogen-bond donors (Lipinski definition) is 2. The van der Waals surface area contributed by atoms with E-state index in [2.05, 4.69) is 17.1 Å². The molecule has 0 bridgehead atoms. The maximum absolute atomic E-state index is 13.2. The van der Waals surface area contributed by atoms with Gasteiger partial charge in [-0.2, -0.15) is 0 Å². The third-order valence-electron chi connectivity index (χ3n) is 6.42. The maximum Gasteiger partial charge on any atom is 0.237 e. The fourth-order valence-corrected chi connectivity index (χ4v) is 5.91. The van der Waals surface area contributed by atoms with E-state index in [0.29, 0.717) is 5.92 Å². The molecule has 7 nitrogen and oxygen atoms in total. The number of halogens is 1. The number of carbonyl (C=O) groups excluding carboxylic acids is 1. The average molecular weight is 465 g/mol. The molecular formula is C21H37ClN2O5S. The Hall–Kier alpha value is -0.0900. The van der Waals surface area contributed by atoms with Crippen LogP contribution in [-0.4, -0.2) is 88.9 Å². The highest BCUT2D eigenvalue weighted by Crippen LogP contribution is 2.41. The van der Waals surface area contributed by atoms with Crippen molar-refractivity contribution >= 4 is 29.3 Å². The SMILES string of the molecule is CCC[C@@H]1C[C@@H](C(=O)N[C@@H]([C@H]2O[C@H](SC)[C@H](O)[C@H]3OC(C)(C)O[C@H]32)[C@@H](C)Cl)N(C)C1. The summed E-state index contributed by atoms with van der Waals surface area (Å²) >= 11 is 7.97. The predicted octanol–water partition coefficient (Wildman–Crippen LogP) is 2.19. The van der Waals surface area contributed by atoms with Gasteiger partial charge in [0, 0.05) is 6.54 Å². The Kier molecular flexibility index (Phi) is 8.03. The minimum Gasteiger partial charge on any atom is -0.387 e. The number of carbonyl (C=O) groups is 1. The molecule has 3 aliphatic rings. The Morgan fingerprint density at radius 1 is 1.37 bits per heavy atom. The number of rotatable bonds is 7. The quantitative estimate of drug-likeness (QED) is 0.559. The van der Waals surface area contributed by atoms with Crippen LogP contribution in [-0.2, 0) is 19.0 Å². The van der Waals surface area contributed by atoms with Crippen LogP contribution in [0.5, 0.6) is 0 Å². The lowest BCUT2D eigenvalue weighted by Crippen LogP contribution is -2.64. The fraction of sp³-hybridized carbons (Fsp3) is 0.952. The van der Waals surface area contributed by atoms with Crippen molar-refractivity contribution in [3.8, 4) is 0 Å². The summed E-state index contributed by atoms with van der Waals surface area (Å²) in [5.74, 6) is -0.325. The van der Waals surface area contributed by atoms with Crippen molar-refractivity contribution in [1.29, 1.82) is 0 Å². The zero-order valence-electron chi connectivity index (χ0n) is 18.8. The summed E-state index contributed by atoms with van der Waals surface area (Å²) < 4.78 is 18.3. The van der Waals surface area contributed by atoms with Gasteiger partial charge in [-0.25, -0.2) is 0 Å². The molecule has 0 aromatic heterocycles. The lowest BCUT2D eigenvalue weighted by Gasteiger charge is -2.43. The van der Waals surface area contributed by atoms with E-state index in [1.54, 1.807) is 0 Å². The van der Waals surface area contributed by atoms with Crippen molar-refractivity contribution in [1.82, 2.24) is 10.2 Å². The zero-order chi connectivity index (χ0) is 22.2. The molecule has 3 aliphatic heterocycles. The number of aliphatic hydroxyl groups excluding tert-OH is 1. The average Bonchev–Trinajstić information content (AvgIpc) is 3.19. The molecule has 30 heavy (non-hydrogen) atoms. The molecule has 0 spiro atoms. The molecule has 2 N–H and O–H groups in total. The number of hydrogen-bond acceptors (Lipinski definition) is 7. The highest BCUT2D eigenvalue weighted by Gasteiger charge is 2.57. The standard InChI is InChI=1S/C21H37ClN2O5S/c1-7-8-12-9-13(24(5)10-12)19(26)23-14(11(2)22)16-18-17(28-21(3,4)29-18)15(25)20(27-16)30-6/h11-18,20,25H,7-10H2,1-6H3,(H,23,26)/t11-,12-,13+,14-,15-,16-,17-,18+,20-/m1/s1. The lowest BCUT2D eigenvalue weighted by atomic mass is 9.92. The lowest BCUT2D eigenvalue weighted by molar-refractivity contribution is -0.168. The molecule has 0 radical (unpaired) electrons. The molecule has 0 saturated carbocycles. The summed E-state index contributed by atoms with van der Waals surface area (Å²) in [5.41, 5.74) is -0.480.